The van der Waals surface area contributed by atoms with Gasteiger partial charge in [-0.3, -0.25) is 0 Å². The smallest absolute Gasteiger partial charge is 0.330 e. The van der Waals surface area contributed by atoms with Gasteiger partial charge in [0, 0.05) is 7.05 Å². The van der Waals surface area contributed by atoms with Crippen LogP contribution in [0, 0.1) is 0 Å². The Morgan fingerprint density at radius 3 is 2.50 bits per heavy atom. The zero-order valence-corrected chi connectivity index (χ0v) is 11.4. The Balaban J connectivity index is 2.31. The number of hydrogen-bond donors (Lipinski definition) is 1. The van der Waals surface area contributed by atoms with E-state index in [0.717, 1.165) is 4.47 Å². The maximum atomic E-state index is 5.57. The summed E-state index contributed by atoms with van der Waals surface area (Å²) in [6, 6.07) is 7.78. The lowest BCUT2D eigenvalue weighted by molar-refractivity contribution is 0.360. The van der Waals surface area contributed by atoms with Crippen LogP contribution in [0.4, 0.5) is 5.95 Å². The molecular formula is C11H11BrN4O2. The van der Waals surface area contributed by atoms with E-state index in [2.05, 4.69) is 36.2 Å². The van der Waals surface area contributed by atoms with Crippen LogP contribution < -0.4 is 14.8 Å². The Bertz CT molecular complexity index is 528. The third-order valence-corrected chi connectivity index (χ3v) is 2.69. The van der Waals surface area contributed by atoms with E-state index in [-0.39, 0.29) is 12.0 Å². The van der Waals surface area contributed by atoms with Crippen LogP contribution in [0.1, 0.15) is 0 Å². The van der Waals surface area contributed by atoms with Crippen LogP contribution in [0.3, 0.4) is 0 Å². The maximum Gasteiger partial charge on any atom is 0.330 e. The Labute approximate surface area is 113 Å². The normalized spacial score (nSPS) is 9.94. The van der Waals surface area contributed by atoms with E-state index in [4.69, 9.17) is 9.47 Å². The predicted molar refractivity (Wildman–Crippen MR) is 70.1 cm³/mol. The first-order valence-corrected chi connectivity index (χ1v) is 5.92. The molecule has 0 amide bonds. The molecule has 1 aromatic carbocycles. The molecule has 0 unspecified atom stereocenters. The van der Waals surface area contributed by atoms with Crippen molar-refractivity contribution >= 4 is 21.9 Å². The number of nitrogens with zero attached hydrogens (tertiary/aromatic N) is 3. The zero-order valence-electron chi connectivity index (χ0n) is 9.85. The van der Waals surface area contributed by atoms with E-state index < -0.39 is 0 Å². The SMILES string of the molecule is CNc1nc(OC)nc(Oc2ccccc2Br)n1. The zero-order chi connectivity index (χ0) is 13.0. The first-order chi connectivity index (χ1) is 8.72. The Morgan fingerprint density at radius 2 is 1.83 bits per heavy atom. The minimum Gasteiger partial charge on any atom is -0.467 e. The fourth-order valence-corrected chi connectivity index (χ4v) is 1.58. The second kappa shape index (κ2) is 5.63. The molecule has 0 aliphatic rings. The van der Waals surface area contributed by atoms with Gasteiger partial charge in [0.05, 0.1) is 11.6 Å². The van der Waals surface area contributed by atoms with Crippen LogP contribution in [0.25, 0.3) is 0 Å². The first-order valence-electron chi connectivity index (χ1n) is 5.13. The van der Waals surface area contributed by atoms with Crippen molar-refractivity contribution in [1.82, 2.24) is 15.0 Å². The molecule has 0 spiro atoms. The summed E-state index contributed by atoms with van der Waals surface area (Å²) in [6.45, 7) is 0. The summed E-state index contributed by atoms with van der Waals surface area (Å²) in [5, 5.41) is 2.81. The summed E-state index contributed by atoms with van der Waals surface area (Å²) in [4.78, 5) is 12.1. The van der Waals surface area contributed by atoms with Gasteiger partial charge in [-0.05, 0) is 28.1 Å². The van der Waals surface area contributed by atoms with Gasteiger partial charge in [0.15, 0.2) is 0 Å². The highest BCUT2D eigenvalue weighted by atomic mass is 79.9. The number of methoxy groups -OCH3 is 1. The fourth-order valence-electron chi connectivity index (χ4n) is 1.21. The molecule has 2 rings (SSSR count). The average Bonchev–Trinajstić information content (AvgIpc) is 2.41. The van der Waals surface area contributed by atoms with Crippen LogP contribution in [-0.2, 0) is 0 Å². The minimum atomic E-state index is 0.165. The number of ether oxygens (including phenoxy) is 2. The predicted octanol–water partition coefficient (Wildman–Crippen LogP) is 2.48. The number of halogens is 1. The summed E-state index contributed by atoms with van der Waals surface area (Å²) < 4.78 is 11.4. The quantitative estimate of drug-likeness (QED) is 0.935. The highest BCUT2D eigenvalue weighted by Crippen LogP contribution is 2.28. The van der Waals surface area contributed by atoms with Crippen molar-refractivity contribution in [3.05, 3.63) is 28.7 Å². The standard InChI is InChI=1S/C11H11BrN4O2/c1-13-9-14-10(17-2)16-11(15-9)18-8-6-4-3-5-7(8)12/h3-6H,1-2H3,(H,13,14,15,16). The van der Waals surface area contributed by atoms with Crippen molar-refractivity contribution in [2.45, 2.75) is 0 Å². The number of anilines is 1. The third-order valence-electron chi connectivity index (χ3n) is 2.04. The van der Waals surface area contributed by atoms with Crippen molar-refractivity contribution in [3.8, 4) is 17.8 Å². The van der Waals surface area contributed by atoms with Crippen molar-refractivity contribution in [2.75, 3.05) is 19.5 Å². The molecule has 0 bridgehead atoms. The average molecular weight is 311 g/mol. The lowest BCUT2D eigenvalue weighted by Crippen LogP contribution is -2.03. The lowest BCUT2D eigenvalue weighted by Gasteiger charge is -2.07. The Kier molecular flexibility index (Phi) is 3.93. The molecule has 0 fully saturated rings. The highest BCUT2D eigenvalue weighted by molar-refractivity contribution is 9.10. The number of aromatic nitrogens is 3. The molecule has 94 valence electrons. The monoisotopic (exact) mass is 310 g/mol. The third kappa shape index (κ3) is 2.86. The largest absolute Gasteiger partial charge is 0.467 e. The summed E-state index contributed by atoms with van der Waals surface area (Å²) in [5.74, 6) is 0.997. The van der Waals surface area contributed by atoms with Crippen LogP contribution in [0.15, 0.2) is 28.7 Å². The summed E-state index contributed by atoms with van der Waals surface area (Å²) in [7, 11) is 3.19. The molecule has 1 N–H and O–H groups in total. The molecule has 0 aliphatic heterocycles. The van der Waals surface area contributed by atoms with E-state index in [1.807, 2.05) is 18.2 Å². The summed E-state index contributed by atoms with van der Waals surface area (Å²) >= 11 is 3.38. The van der Waals surface area contributed by atoms with Gasteiger partial charge in [-0.15, -0.1) is 4.98 Å². The van der Waals surface area contributed by atoms with Crippen molar-refractivity contribution in [1.29, 1.82) is 0 Å². The lowest BCUT2D eigenvalue weighted by atomic mass is 10.3. The topological polar surface area (TPSA) is 69.2 Å². The van der Waals surface area contributed by atoms with E-state index in [9.17, 15) is 0 Å². The molecule has 1 aromatic heterocycles. The number of benzene rings is 1. The van der Waals surface area contributed by atoms with Crippen LogP contribution in [-0.4, -0.2) is 29.1 Å². The number of para-hydroxylation sites is 1. The number of nitrogens with one attached hydrogen (secondary N) is 1. The van der Waals surface area contributed by atoms with Crippen molar-refractivity contribution < 1.29 is 9.47 Å². The molecule has 1 heterocycles. The van der Waals surface area contributed by atoms with Gasteiger partial charge >= 0.3 is 12.0 Å². The molecule has 18 heavy (non-hydrogen) atoms. The maximum absolute atomic E-state index is 5.57. The van der Waals surface area contributed by atoms with E-state index in [0.29, 0.717) is 11.7 Å². The molecule has 0 aliphatic carbocycles. The minimum absolute atomic E-state index is 0.165. The van der Waals surface area contributed by atoms with Crippen molar-refractivity contribution in [2.24, 2.45) is 0 Å². The molecule has 6 nitrogen and oxygen atoms in total. The molecule has 0 saturated carbocycles. The highest BCUT2D eigenvalue weighted by Gasteiger charge is 2.09. The van der Waals surface area contributed by atoms with Gasteiger partial charge in [0.25, 0.3) is 0 Å². The van der Waals surface area contributed by atoms with Crippen LogP contribution >= 0.6 is 15.9 Å². The van der Waals surface area contributed by atoms with Gasteiger partial charge in [-0.2, -0.15) is 9.97 Å². The Morgan fingerprint density at radius 1 is 1.11 bits per heavy atom. The van der Waals surface area contributed by atoms with Crippen LogP contribution in [0.2, 0.25) is 0 Å². The van der Waals surface area contributed by atoms with Gasteiger partial charge in [-0.25, -0.2) is 0 Å². The Hall–Kier alpha value is -1.89. The van der Waals surface area contributed by atoms with Gasteiger partial charge in [0.2, 0.25) is 5.95 Å². The fraction of sp³-hybridized carbons (Fsp3) is 0.182. The molecule has 7 heteroatoms. The van der Waals surface area contributed by atoms with Crippen LogP contribution in [0.5, 0.6) is 17.8 Å². The summed E-state index contributed by atoms with van der Waals surface area (Å²) in [5.41, 5.74) is 0. The van der Waals surface area contributed by atoms with Crippen molar-refractivity contribution in [3.63, 3.8) is 0 Å². The molecular weight excluding hydrogens is 300 g/mol. The molecule has 0 atom stereocenters. The molecule has 2 aromatic rings. The second-order valence-electron chi connectivity index (χ2n) is 3.21. The molecule has 0 saturated heterocycles. The van der Waals surface area contributed by atoms with Gasteiger partial charge < -0.3 is 14.8 Å². The first kappa shape index (κ1) is 12.6. The van der Waals surface area contributed by atoms with Gasteiger partial charge in [-0.1, -0.05) is 12.1 Å². The number of hydrogen-bond acceptors (Lipinski definition) is 6. The van der Waals surface area contributed by atoms with E-state index >= 15 is 0 Å². The van der Waals surface area contributed by atoms with Gasteiger partial charge in [0.1, 0.15) is 5.75 Å². The summed E-state index contributed by atoms with van der Waals surface area (Å²) in [6.07, 6.45) is 0. The van der Waals surface area contributed by atoms with E-state index in [1.165, 1.54) is 7.11 Å². The molecule has 0 radical (unpaired) electrons. The van der Waals surface area contributed by atoms with E-state index in [1.54, 1.807) is 13.1 Å². The second-order valence-corrected chi connectivity index (χ2v) is 4.07. The number of rotatable bonds is 4.